The predicted molar refractivity (Wildman–Crippen MR) is 70.3 cm³/mol. The van der Waals surface area contributed by atoms with Crippen molar-refractivity contribution < 1.29 is 25.6 Å². The lowest BCUT2D eigenvalue weighted by Crippen LogP contribution is -2.20. The van der Waals surface area contributed by atoms with Gasteiger partial charge in [-0.25, -0.2) is 16.8 Å². The number of nitrogens with one attached hydrogen (secondary N) is 1. The first-order valence-corrected chi connectivity index (χ1v) is 9.16. The van der Waals surface area contributed by atoms with Gasteiger partial charge in [0.2, 0.25) is 9.84 Å². The van der Waals surface area contributed by atoms with Gasteiger partial charge in [-0.05, 0) is 30.7 Å². The molecule has 1 aromatic carbocycles. The summed E-state index contributed by atoms with van der Waals surface area (Å²) in [5, 5.41) is 2.94. The van der Waals surface area contributed by atoms with Gasteiger partial charge >= 0.3 is 5.76 Å². The molecule has 0 saturated carbocycles. The van der Waals surface area contributed by atoms with Crippen LogP contribution in [0.25, 0.3) is 0 Å². The van der Waals surface area contributed by atoms with Crippen LogP contribution in [0.1, 0.15) is 6.42 Å². The van der Waals surface area contributed by atoms with Crippen LogP contribution in [-0.2, 0) is 19.7 Å². The molecule has 0 bridgehead atoms. The quantitative estimate of drug-likeness (QED) is 0.902. The SMILES string of the molecule is O=S1(=O)CCC(Nc2ccc(S(=O)(=O)C(F)F)cc2)C1. The second-order valence-electron chi connectivity index (χ2n) is 4.57. The smallest absolute Gasteiger partial charge is 0.341 e. The minimum atomic E-state index is -4.60. The fourth-order valence-electron chi connectivity index (χ4n) is 1.99. The van der Waals surface area contributed by atoms with Crippen molar-refractivity contribution in [3.8, 4) is 0 Å². The van der Waals surface area contributed by atoms with E-state index in [1.165, 1.54) is 12.1 Å². The molecule has 112 valence electrons. The number of halogens is 2. The summed E-state index contributed by atoms with van der Waals surface area (Å²) < 4.78 is 69.7. The molecule has 1 atom stereocenters. The lowest BCUT2D eigenvalue weighted by atomic mass is 10.2. The molecule has 0 aromatic heterocycles. The van der Waals surface area contributed by atoms with E-state index in [1.807, 2.05) is 0 Å². The van der Waals surface area contributed by atoms with E-state index in [1.54, 1.807) is 0 Å². The van der Waals surface area contributed by atoms with Crippen LogP contribution in [0.5, 0.6) is 0 Å². The second kappa shape index (κ2) is 5.28. The summed E-state index contributed by atoms with van der Waals surface area (Å²) in [4.78, 5) is -0.461. The van der Waals surface area contributed by atoms with Gasteiger partial charge in [-0.2, -0.15) is 8.78 Å². The van der Waals surface area contributed by atoms with E-state index in [0.717, 1.165) is 12.1 Å². The molecule has 1 heterocycles. The molecule has 1 fully saturated rings. The Kier molecular flexibility index (Phi) is 4.01. The molecule has 9 heteroatoms. The average molecular weight is 325 g/mol. The summed E-state index contributed by atoms with van der Waals surface area (Å²) in [6.45, 7) is 0. The summed E-state index contributed by atoms with van der Waals surface area (Å²) in [6, 6.07) is 4.61. The lowest BCUT2D eigenvalue weighted by Gasteiger charge is -2.12. The van der Waals surface area contributed by atoms with Crippen LogP contribution in [0.3, 0.4) is 0 Å². The Labute approximate surface area is 115 Å². The van der Waals surface area contributed by atoms with Crippen LogP contribution in [0.4, 0.5) is 14.5 Å². The van der Waals surface area contributed by atoms with Crippen molar-refractivity contribution in [1.82, 2.24) is 0 Å². The molecule has 1 N–H and O–H groups in total. The Morgan fingerprint density at radius 3 is 2.25 bits per heavy atom. The van der Waals surface area contributed by atoms with E-state index < -0.39 is 30.3 Å². The highest BCUT2D eigenvalue weighted by atomic mass is 32.2. The fraction of sp³-hybridized carbons (Fsp3) is 0.455. The first kappa shape index (κ1) is 15.2. The normalized spacial score (nSPS) is 22.1. The van der Waals surface area contributed by atoms with Crippen molar-refractivity contribution in [3.05, 3.63) is 24.3 Å². The highest BCUT2D eigenvalue weighted by molar-refractivity contribution is 7.92. The van der Waals surface area contributed by atoms with Gasteiger partial charge in [0.05, 0.1) is 16.4 Å². The van der Waals surface area contributed by atoms with Crippen LogP contribution in [-0.4, -0.2) is 40.1 Å². The molecule has 2 rings (SSSR count). The van der Waals surface area contributed by atoms with E-state index in [4.69, 9.17) is 0 Å². The largest absolute Gasteiger partial charge is 0.381 e. The standard InChI is InChI=1S/C11H13F2NO4S2/c12-11(13)20(17,18)10-3-1-8(2-4-10)14-9-5-6-19(15,16)7-9/h1-4,9,11,14H,5-7H2. The Morgan fingerprint density at radius 1 is 1.20 bits per heavy atom. The van der Waals surface area contributed by atoms with E-state index in [-0.39, 0.29) is 17.5 Å². The molecule has 20 heavy (non-hydrogen) atoms. The van der Waals surface area contributed by atoms with Gasteiger partial charge in [0, 0.05) is 11.7 Å². The highest BCUT2D eigenvalue weighted by Gasteiger charge is 2.28. The van der Waals surface area contributed by atoms with Crippen molar-refractivity contribution in [2.24, 2.45) is 0 Å². The topological polar surface area (TPSA) is 80.3 Å². The zero-order chi connectivity index (χ0) is 15.0. The number of anilines is 1. The van der Waals surface area contributed by atoms with Crippen molar-refractivity contribution in [1.29, 1.82) is 0 Å². The molecule has 1 saturated heterocycles. The molecule has 0 spiro atoms. The first-order valence-electron chi connectivity index (χ1n) is 5.80. The van der Waals surface area contributed by atoms with E-state index >= 15 is 0 Å². The molecular weight excluding hydrogens is 312 g/mol. The van der Waals surface area contributed by atoms with Crippen molar-refractivity contribution in [2.45, 2.75) is 23.1 Å². The molecular formula is C11H13F2NO4S2. The maximum Gasteiger partial charge on any atom is 0.341 e. The van der Waals surface area contributed by atoms with Crippen molar-refractivity contribution >= 4 is 25.4 Å². The van der Waals surface area contributed by atoms with Gasteiger partial charge in [0.25, 0.3) is 0 Å². The minimum absolute atomic E-state index is 0.0179. The summed E-state index contributed by atoms with van der Waals surface area (Å²) in [6.07, 6.45) is 0.472. The molecule has 5 nitrogen and oxygen atoms in total. The third-order valence-corrected chi connectivity index (χ3v) is 6.19. The number of rotatable bonds is 4. The van der Waals surface area contributed by atoms with Gasteiger partial charge in [-0.3, -0.25) is 0 Å². The molecule has 1 unspecified atom stereocenters. The predicted octanol–water partition coefficient (Wildman–Crippen LogP) is 1.28. The zero-order valence-electron chi connectivity index (χ0n) is 10.3. The maximum atomic E-state index is 12.3. The van der Waals surface area contributed by atoms with Gasteiger partial charge in [0.15, 0.2) is 9.84 Å². The van der Waals surface area contributed by atoms with Gasteiger partial charge in [0.1, 0.15) is 0 Å². The number of sulfone groups is 2. The average Bonchev–Trinajstić information content (AvgIpc) is 2.69. The monoisotopic (exact) mass is 325 g/mol. The summed E-state index contributed by atoms with van der Waals surface area (Å²) in [5.74, 6) is -3.33. The van der Waals surface area contributed by atoms with E-state index in [2.05, 4.69) is 5.32 Å². The van der Waals surface area contributed by atoms with Crippen LogP contribution in [0.2, 0.25) is 0 Å². The minimum Gasteiger partial charge on any atom is -0.381 e. The Morgan fingerprint density at radius 2 is 1.80 bits per heavy atom. The van der Waals surface area contributed by atoms with Crippen LogP contribution >= 0.6 is 0 Å². The van der Waals surface area contributed by atoms with E-state index in [9.17, 15) is 25.6 Å². The Hall–Kier alpha value is -1.22. The van der Waals surface area contributed by atoms with Crippen LogP contribution in [0, 0.1) is 0 Å². The summed E-state index contributed by atoms with van der Waals surface area (Å²) in [5.41, 5.74) is 0.500. The number of hydrogen-bond acceptors (Lipinski definition) is 5. The number of benzene rings is 1. The summed E-state index contributed by atoms with van der Waals surface area (Å²) in [7, 11) is -7.61. The molecule has 0 radical (unpaired) electrons. The van der Waals surface area contributed by atoms with Gasteiger partial charge < -0.3 is 5.32 Å². The van der Waals surface area contributed by atoms with Gasteiger partial charge in [-0.1, -0.05) is 0 Å². The van der Waals surface area contributed by atoms with Crippen molar-refractivity contribution in [3.63, 3.8) is 0 Å². The molecule has 1 aliphatic rings. The zero-order valence-corrected chi connectivity index (χ0v) is 11.9. The van der Waals surface area contributed by atoms with Crippen LogP contribution < -0.4 is 5.32 Å². The number of hydrogen-bond donors (Lipinski definition) is 1. The molecule has 1 aliphatic heterocycles. The Balaban J connectivity index is 2.10. The number of alkyl halides is 2. The summed E-state index contributed by atoms with van der Waals surface area (Å²) >= 11 is 0. The molecule has 0 aliphatic carbocycles. The van der Waals surface area contributed by atoms with Gasteiger partial charge in [-0.15, -0.1) is 0 Å². The first-order chi connectivity index (χ1) is 9.21. The fourth-order valence-corrected chi connectivity index (χ4v) is 4.38. The maximum absolute atomic E-state index is 12.3. The van der Waals surface area contributed by atoms with Crippen molar-refractivity contribution in [2.75, 3.05) is 16.8 Å². The third-order valence-electron chi connectivity index (χ3n) is 3.02. The third kappa shape index (κ3) is 3.26. The van der Waals surface area contributed by atoms with Crippen LogP contribution in [0.15, 0.2) is 29.2 Å². The molecule has 0 amide bonds. The Bertz CT molecular complexity index is 684. The second-order valence-corrected chi connectivity index (χ2v) is 8.72. The lowest BCUT2D eigenvalue weighted by molar-refractivity contribution is 0.234. The highest BCUT2D eigenvalue weighted by Crippen LogP contribution is 2.22. The van der Waals surface area contributed by atoms with E-state index in [0.29, 0.717) is 12.1 Å². The molecule has 1 aromatic rings.